The van der Waals surface area contributed by atoms with Gasteiger partial charge in [0.2, 0.25) is 29.5 Å². The van der Waals surface area contributed by atoms with Gasteiger partial charge in [0.1, 0.15) is 23.7 Å². The van der Waals surface area contributed by atoms with Crippen LogP contribution in [0.3, 0.4) is 0 Å². The first-order chi connectivity index (χ1) is 28.1. The zero-order chi connectivity index (χ0) is 41.1. The Labute approximate surface area is 341 Å². The fourth-order valence-corrected chi connectivity index (χ4v) is 8.46. The Hall–Kier alpha value is -5.61. The van der Waals surface area contributed by atoms with E-state index < -0.39 is 59.2 Å². The molecule has 0 saturated carbocycles. The second kappa shape index (κ2) is 19.7. The number of H-pyrrole nitrogens is 1. The number of aromatic amines is 1. The summed E-state index contributed by atoms with van der Waals surface area (Å²) < 4.78 is 1.03. The molecule has 58 heavy (non-hydrogen) atoms. The van der Waals surface area contributed by atoms with Gasteiger partial charge in [0.15, 0.2) is 0 Å². The average molecular weight is 808 g/mol. The van der Waals surface area contributed by atoms with Gasteiger partial charge in [-0.3, -0.25) is 24.0 Å². The summed E-state index contributed by atoms with van der Waals surface area (Å²) in [6.45, 7) is 1.44. The van der Waals surface area contributed by atoms with Crippen molar-refractivity contribution in [3.63, 3.8) is 0 Å². The molecule has 1 saturated heterocycles. The van der Waals surface area contributed by atoms with Crippen molar-refractivity contribution in [1.29, 1.82) is 0 Å². The second-order valence-electron chi connectivity index (χ2n) is 15.0. The summed E-state index contributed by atoms with van der Waals surface area (Å²) in [6.07, 6.45) is 4.43. The number of nitrogens with two attached hydrogens (primary N) is 3. The minimum Gasteiger partial charge on any atom is -0.368 e. The van der Waals surface area contributed by atoms with E-state index in [-0.39, 0.29) is 19.3 Å². The van der Waals surface area contributed by atoms with Gasteiger partial charge in [0.05, 0.1) is 6.04 Å². The van der Waals surface area contributed by atoms with E-state index in [0.29, 0.717) is 51.7 Å². The van der Waals surface area contributed by atoms with Crippen LogP contribution >= 0.6 is 11.3 Å². The first kappa shape index (κ1) is 42.0. The molecule has 0 aliphatic carbocycles. The SMILES string of the molecule is NCCCC[C@H](N)C(=O)N[C@H](Cc1csc2ccccc12)C(=O)N[C@H](Cc1c[nH]c2ccccc12)C(=O)N[C@@H](Cc1ccccc1)C(=O)NC1(C(N)=O)CCNCC1. The van der Waals surface area contributed by atoms with Crippen LogP contribution in [-0.2, 0) is 43.2 Å². The van der Waals surface area contributed by atoms with Crippen LogP contribution in [0.15, 0.2) is 90.4 Å². The van der Waals surface area contributed by atoms with Gasteiger partial charge in [-0.15, -0.1) is 11.3 Å². The Bertz CT molecular complexity index is 2200. The van der Waals surface area contributed by atoms with Gasteiger partial charge in [-0.25, -0.2) is 0 Å². The molecule has 2 aromatic heterocycles. The first-order valence-electron chi connectivity index (χ1n) is 19.8. The minimum atomic E-state index is -1.29. The number of benzene rings is 3. The van der Waals surface area contributed by atoms with Crippen LogP contribution in [0.1, 0.15) is 48.8 Å². The Kier molecular flexibility index (Phi) is 14.3. The molecular formula is C43H53N9O5S. The molecule has 1 aliphatic heterocycles. The molecule has 5 aromatic rings. The quantitative estimate of drug-likeness (QED) is 0.0559. The number of piperidine rings is 1. The number of amides is 5. The van der Waals surface area contributed by atoms with E-state index in [2.05, 4.69) is 31.6 Å². The summed E-state index contributed by atoms with van der Waals surface area (Å²) in [4.78, 5) is 72.8. The molecule has 5 amide bonds. The number of rotatable bonds is 19. The molecule has 1 fully saturated rings. The monoisotopic (exact) mass is 807 g/mol. The Morgan fingerprint density at radius 1 is 0.707 bits per heavy atom. The smallest absolute Gasteiger partial charge is 0.243 e. The molecule has 15 heteroatoms. The molecule has 4 atom stereocenters. The van der Waals surface area contributed by atoms with Crippen LogP contribution in [0, 0.1) is 0 Å². The van der Waals surface area contributed by atoms with Crippen LogP contribution in [0.5, 0.6) is 0 Å². The van der Waals surface area contributed by atoms with Crippen LogP contribution < -0.4 is 43.8 Å². The van der Waals surface area contributed by atoms with Crippen molar-refractivity contribution in [3.05, 3.63) is 107 Å². The van der Waals surface area contributed by atoms with E-state index in [1.807, 2.05) is 84.2 Å². The number of hydrogen-bond acceptors (Lipinski definition) is 9. The van der Waals surface area contributed by atoms with Crippen molar-refractivity contribution >= 4 is 61.9 Å². The van der Waals surface area contributed by atoms with E-state index in [1.54, 1.807) is 6.20 Å². The summed E-state index contributed by atoms with van der Waals surface area (Å²) in [6, 6.07) is 20.3. The summed E-state index contributed by atoms with van der Waals surface area (Å²) in [7, 11) is 0. The van der Waals surface area contributed by atoms with Crippen molar-refractivity contribution in [3.8, 4) is 0 Å². The molecule has 3 heterocycles. The van der Waals surface area contributed by atoms with E-state index in [0.717, 1.165) is 37.7 Å². The minimum absolute atomic E-state index is 0.0544. The molecule has 3 aromatic carbocycles. The van der Waals surface area contributed by atoms with Gasteiger partial charge in [-0.1, -0.05) is 73.2 Å². The molecule has 0 radical (unpaired) electrons. The van der Waals surface area contributed by atoms with Crippen molar-refractivity contribution in [2.45, 2.75) is 81.1 Å². The predicted molar refractivity (Wildman–Crippen MR) is 227 cm³/mol. The molecule has 6 rings (SSSR count). The van der Waals surface area contributed by atoms with Crippen molar-refractivity contribution in [1.82, 2.24) is 31.6 Å². The number of unbranched alkanes of at least 4 members (excludes halogenated alkanes) is 1. The van der Waals surface area contributed by atoms with Gasteiger partial charge in [0, 0.05) is 41.1 Å². The molecule has 12 N–H and O–H groups in total. The van der Waals surface area contributed by atoms with Crippen molar-refractivity contribution in [2.75, 3.05) is 19.6 Å². The fourth-order valence-electron chi connectivity index (χ4n) is 7.48. The highest BCUT2D eigenvalue weighted by Gasteiger charge is 2.41. The highest BCUT2D eigenvalue weighted by Crippen LogP contribution is 2.27. The Morgan fingerprint density at radius 3 is 2.00 bits per heavy atom. The number of fused-ring (bicyclic) bond motifs is 2. The lowest BCUT2D eigenvalue weighted by Gasteiger charge is -2.36. The number of aromatic nitrogens is 1. The van der Waals surface area contributed by atoms with Crippen molar-refractivity contribution in [2.24, 2.45) is 17.2 Å². The topological polar surface area (TPSA) is 239 Å². The predicted octanol–water partition coefficient (Wildman–Crippen LogP) is 2.04. The summed E-state index contributed by atoms with van der Waals surface area (Å²) in [5.74, 6) is -2.94. The molecule has 14 nitrogen and oxygen atoms in total. The molecule has 1 aliphatic rings. The number of carbonyl (C=O) groups is 5. The Morgan fingerprint density at radius 2 is 1.31 bits per heavy atom. The highest BCUT2D eigenvalue weighted by atomic mass is 32.1. The van der Waals surface area contributed by atoms with Gasteiger partial charge >= 0.3 is 0 Å². The van der Waals surface area contributed by atoms with Crippen LogP contribution in [-0.4, -0.2) is 83.9 Å². The van der Waals surface area contributed by atoms with Gasteiger partial charge < -0.3 is 48.8 Å². The molecular weight excluding hydrogens is 755 g/mol. The van der Waals surface area contributed by atoms with E-state index in [4.69, 9.17) is 17.2 Å². The lowest BCUT2D eigenvalue weighted by molar-refractivity contribution is -0.136. The lowest BCUT2D eigenvalue weighted by atomic mass is 9.87. The number of nitrogens with one attached hydrogen (secondary N) is 6. The number of hydrogen-bond donors (Lipinski definition) is 9. The summed E-state index contributed by atoms with van der Waals surface area (Å²) in [5, 5.41) is 18.6. The lowest BCUT2D eigenvalue weighted by Crippen LogP contribution is -2.65. The van der Waals surface area contributed by atoms with Gasteiger partial charge in [-0.05, 0) is 84.9 Å². The molecule has 0 spiro atoms. The molecule has 0 bridgehead atoms. The maximum Gasteiger partial charge on any atom is 0.243 e. The summed E-state index contributed by atoms with van der Waals surface area (Å²) >= 11 is 1.53. The van der Waals surface area contributed by atoms with E-state index >= 15 is 0 Å². The normalized spacial score (nSPS) is 15.8. The average Bonchev–Trinajstić information content (AvgIpc) is 3.84. The number of carbonyl (C=O) groups excluding carboxylic acids is 5. The zero-order valence-corrected chi connectivity index (χ0v) is 33.2. The van der Waals surface area contributed by atoms with E-state index in [9.17, 15) is 24.0 Å². The standard InChI is InChI=1S/C43H53N9O5S/c44-19-9-8-14-32(45)38(53)49-36(24-29-26-58-37-16-7-5-13-31(29)37)40(55)51-35(23-28-25-48-33-15-6-4-12-30(28)33)39(54)50-34(22-27-10-2-1-3-11-27)41(56)52-43(42(46)57)17-20-47-21-18-43/h1-7,10-13,15-16,25-26,32,34-36,47-48H,8-9,14,17-24,44-45H2,(H2,46,57)(H,49,53)(H,50,54)(H,51,55)(H,52,56)/t32-,34-,35+,36+/m0/s1. The van der Waals surface area contributed by atoms with Gasteiger partial charge in [-0.2, -0.15) is 0 Å². The third kappa shape index (κ3) is 10.5. The molecule has 0 unspecified atom stereocenters. The van der Waals surface area contributed by atoms with Crippen LogP contribution in [0.2, 0.25) is 0 Å². The second-order valence-corrected chi connectivity index (χ2v) is 15.9. The van der Waals surface area contributed by atoms with Gasteiger partial charge in [0.25, 0.3) is 0 Å². The van der Waals surface area contributed by atoms with Crippen molar-refractivity contribution < 1.29 is 24.0 Å². The number of thiophene rings is 1. The third-order valence-electron chi connectivity index (χ3n) is 10.9. The highest BCUT2D eigenvalue weighted by molar-refractivity contribution is 7.17. The summed E-state index contributed by atoms with van der Waals surface area (Å²) in [5.41, 5.74) is 19.7. The Balaban J connectivity index is 1.30. The zero-order valence-electron chi connectivity index (χ0n) is 32.4. The maximum atomic E-state index is 14.6. The fraction of sp³-hybridized carbons (Fsp3) is 0.372. The number of para-hydroxylation sites is 1. The first-order valence-corrected chi connectivity index (χ1v) is 20.7. The number of primary amides is 1. The van der Waals surface area contributed by atoms with Crippen LogP contribution in [0.25, 0.3) is 21.0 Å². The van der Waals surface area contributed by atoms with Crippen LogP contribution in [0.4, 0.5) is 0 Å². The third-order valence-corrected chi connectivity index (χ3v) is 11.9. The van der Waals surface area contributed by atoms with E-state index in [1.165, 1.54) is 11.3 Å². The molecule has 306 valence electrons. The maximum absolute atomic E-state index is 14.6. The largest absolute Gasteiger partial charge is 0.368 e.